The Morgan fingerprint density at radius 1 is 1.25 bits per heavy atom. The molecule has 114 valence electrons. The number of hydrogen-bond acceptors (Lipinski definition) is 5. The van der Waals surface area contributed by atoms with Gasteiger partial charge in [-0.3, -0.25) is 0 Å². The highest BCUT2D eigenvalue weighted by Crippen LogP contribution is 2.22. The third-order valence-electron chi connectivity index (χ3n) is 2.94. The first-order valence-electron chi connectivity index (χ1n) is 6.20. The quantitative estimate of drug-likeness (QED) is 0.728. The van der Waals surface area contributed by atoms with Crippen molar-refractivity contribution in [1.29, 1.82) is 0 Å². The van der Waals surface area contributed by atoms with E-state index < -0.39 is 10.0 Å². The predicted molar refractivity (Wildman–Crippen MR) is 78.2 cm³/mol. The summed E-state index contributed by atoms with van der Waals surface area (Å²) in [5.74, 6) is 0. The second-order valence-corrected chi connectivity index (χ2v) is 6.35. The molecule has 3 N–H and O–H groups in total. The van der Waals surface area contributed by atoms with Crippen LogP contribution in [0, 0.1) is 13.8 Å². The molecule has 1 rings (SSSR count). The summed E-state index contributed by atoms with van der Waals surface area (Å²) in [6, 6.07) is 3.29. The number of nitrogen functional groups attached to an aromatic ring is 1. The minimum Gasteiger partial charge on any atom is -0.399 e. The van der Waals surface area contributed by atoms with Gasteiger partial charge in [0.25, 0.3) is 0 Å². The van der Waals surface area contributed by atoms with Crippen LogP contribution in [0.2, 0.25) is 0 Å². The Kier molecular flexibility index (Phi) is 5.94. The molecule has 0 saturated carbocycles. The highest BCUT2D eigenvalue weighted by molar-refractivity contribution is 7.89. The van der Waals surface area contributed by atoms with Gasteiger partial charge in [0.2, 0.25) is 10.0 Å². The zero-order valence-corrected chi connectivity index (χ0v) is 13.1. The lowest BCUT2D eigenvalue weighted by Gasteiger charge is -2.17. The van der Waals surface area contributed by atoms with E-state index in [-0.39, 0.29) is 17.5 Å². The molecule has 0 spiro atoms. The predicted octanol–water partition coefficient (Wildman–Crippen LogP) is 0.825. The minimum absolute atomic E-state index is 0.149. The van der Waals surface area contributed by atoms with Crippen LogP contribution in [-0.2, 0) is 19.5 Å². The third-order valence-corrected chi connectivity index (χ3v) is 4.67. The van der Waals surface area contributed by atoms with Gasteiger partial charge in [0.1, 0.15) is 0 Å². The van der Waals surface area contributed by atoms with E-state index in [0.29, 0.717) is 23.4 Å². The summed E-state index contributed by atoms with van der Waals surface area (Å²) in [4.78, 5) is 0.263. The molecule has 6 nitrogen and oxygen atoms in total. The van der Waals surface area contributed by atoms with Gasteiger partial charge in [-0.05, 0) is 37.1 Å². The van der Waals surface area contributed by atoms with Crippen LogP contribution in [0.25, 0.3) is 0 Å². The van der Waals surface area contributed by atoms with E-state index >= 15 is 0 Å². The lowest BCUT2D eigenvalue weighted by molar-refractivity contribution is 0.0320. The molecular weight excluding hydrogens is 280 g/mol. The standard InChI is InChI=1S/C13H22N2O4S/c1-9-5-11(14)6-10(2)13(9)20(16,17)15-7-12(19-4)8-18-3/h5-6,12,15H,7-8,14H2,1-4H3. The zero-order valence-electron chi connectivity index (χ0n) is 12.3. The van der Waals surface area contributed by atoms with Crippen molar-refractivity contribution in [2.24, 2.45) is 0 Å². The van der Waals surface area contributed by atoms with Crippen LogP contribution in [-0.4, -0.2) is 41.9 Å². The number of aryl methyl sites for hydroxylation is 2. The van der Waals surface area contributed by atoms with E-state index in [4.69, 9.17) is 15.2 Å². The maximum atomic E-state index is 12.4. The maximum absolute atomic E-state index is 12.4. The normalized spacial score (nSPS) is 13.4. The van der Waals surface area contributed by atoms with Crippen LogP contribution in [0.1, 0.15) is 11.1 Å². The van der Waals surface area contributed by atoms with E-state index in [9.17, 15) is 8.42 Å². The van der Waals surface area contributed by atoms with Gasteiger partial charge in [-0.1, -0.05) is 0 Å². The lowest BCUT2D eigenvalue weighted by atomic mass is 10.1. The van der Waals surface area contributed by atoms with E-state index in [1.54, 1.807) is 26.0 Å². The zero-order chi connectivity index (χ0) is 15.3. The van der Waals surface area contributed by atoms with Gasteiger partial charge < -0.3 is 15.2 Å². The molecule has 0 aromatic heterocycles. The van der Waals surface area contributed by atoms with Crippen molar-refractivity contribution in [2.75, 3.05) is 33.1 Å². The van der Waals surface area contributed by atoms with Crippen molar-refractivity contribution in [3.05, 3.63) is 23.3 Å². The number of benzene rings is 1. The molecule has 0 fully saturated rings. The Morgan fingerprint density at radius 3 is 2.25 bits per heavy atom. The Hall–Kier alpha value is -1.15. The molecule has 1 atom stereocenters. The summed E-state index contributed by atoms with van der Waals surface area (Å²) < 4.78 is 37.3. The number of anilines is 1. The van der Waals surface area contributed by atoms with Crippen LogP contribution in [0.3, 0.4) is 0 Å². The molecule has 20 heavy (non-hydrogen) atoms. The maximum Gasteiger partial charge on any atom is 0.241 e. The molecule has 0 aliphatic carbocycles. The first-order valence-corrected chi connectivity index (χ1v) is 7.68. The summed E-state index contributed by atoms with van der Waals surface area (Å²) in [5.41, 5.74) is 7.49. The fourth-order valence-electron chi connectivity index (χ4n) is 2.08. The average molecular weight is 302 g/mol. The highest BCUT2D eigenvalue weighted by atomic mass is 32.2. The Bertz CT molecular complexity index is 534. The fraction of sp³-hybridized carbons (Fsp3) is 0.538. The molecule has 0 heterocycles. The largest absolute Gasteiger partial charge is 0.399 e. The molecule has 0 amide bonds. The number of nitrogens with two attached hydrogens (primary N) is 1. The Balaban J connectivity index is 2.95. The van der Waals surface area contributed by atoms with Crippen LogP contribution in [0.4, 0.5) is 5.69 Å². The minimum atomic E-state index is -3.60. The number of ether oxygens (including phenoxy) is 2. The van der Waals surface area contributed by atoms with E-state index in [1.165, 1.54) is 14.2 Å². The molecule has 0 radical (unpaired) electrons. The van der Waals surface area contributed by atoms with Crippen molar-refractivity contribution >= 4 is 15.7 Å². The topological polar surface area (TPSA) is 90.7 Å². The number of rotatable bonds is 7. The van der Waals surface area contributed by atoms with E-state index in [1.807, 2.05) is 0 Å². The summed E-state index contributed by atoms with van der Waals surface area (Å²) in [6.45, 7) is 3.91. The van der Waals surface area contributed by atoms with Crippen molar-refractivity contribution in [3.63, 3.8) is 0 Å². The van der Waals surface area contributed by atoms with Crippen molar-refractivity contribution in [1.82, 2.24) is 4.72 Å². The highest BCUT2D eigenvalue weighted by Gasteiger charge is 2.21. The first-order chi connectivity index (χ1) is 9.31. The molecular formula is C13H22N2O4S. The molecule has 0 aliphatic rings. The molecule has 7 heteroatoms. The van der Waals surface area contributed by atoms with Crippen molar-refractivity contribution < 1.29 is 17.9 Å². The first kappa shape index (κ1) is 16.9. The number of sulfonamides is 1. The van der Waals surface area contributed by atoms with Crippen molar-refractivity contribution in [3.8, 4) is 0 Å². The molecule has 0 aliphatic heterocycles. The molecule has 1 aromatic rings. The fourth-order valence-corrected chi connectivity index (χ4v) is 3.59. The van der Waals surface area contributed by atoms with Gasteiger partial charge in [-0.2, -0.15) is 0 Å². The van der Waals surface area contributed by atoms with Crippen LogP contribution < -0.4 is 10.5 Å². The second kappa shape index (κ2) is 7.03. The number of methoxy groups -OCH3 is 2. The monoisotopic (exact) mass is 302 g/mol. The van der Waals surface area contributed by atoms with Gasteiger partial charge in [-0.25, -0.2) is 13.1 Å². The Morgan fingerprint density at radius 2 is 1.80 bits per heavy atom. The third kappa shape index (κ3) is 4.17. The summed E-state index contributed by atoms with van der Waals surface area (Å²) in [5, 5.41) is 0. The molecule has 1 unspecified atom stereocenters. The smallest absolute Gasteiger partial charge is 0.241 e. The van der Waals surface area contributed by atoms with Crippen LogP contribution in [0.15, 0.2) is 17.0 Å². The average Bonchev–Trinajstić information content (AvgIpc) is 2.32. The second-order valence-electron chi connectivity index (χ2n) is 4.65. The van der Waals surface area contributed by atoms with Crippen LogP contribution in [0.5, 0.6) is 0 Å². The summed E-state index contributed by atoms with van der Waals surface area (Å²) >= 11 is 0. The van der Waals surface area contributed by atoms with E-state index in [0.717, 1.165) is 0 Å². The van der Waals surface area contributed by atoms with Crippen molar-refractivity contribution in [2.45, 2.75) is 24.8 Å². The van der Waals surface area contributed by atoms with Gasteiger partial charge in [-0.15, -0.1) is 0 Å². The Labute approximate surface area is 120 Å². The number of hydrogen-bond donors (Lipinski definition) is 2. The molecule has 1 aromatic carbocycles. The van der Waals surface area contributed by atoms with Gasteiger partial charge in [0.05, 0.1) is 17.6 Å². The van der Waals surface area contributed by atoms with Gasteiger partial charge in [0.15, 0.2) is 0 Å². The number of nitrogens with one attached hydrogen (secondary N) is 1. The molecule has 0 saturated heterocycles. The summed E-state index contributed by atoms with van der Waals surface area (Å²) in [6.07, 6.45) is -0.329. The van der Waals surface area contributed by atoms with Gasteiger partial charge >= 0.3 is 0 Å². The van der Waals surface area contributed by atoms with Crippen LogP contribution >= 0.6 is 0 Å². The molecule has 0 bridgehead atoms. The SMILES string of the molecule is COCC(CNS(=O)(=O)c1c(C)cc(N)cc1C)OC. The lowest BCUT2D eigenvalue weighted by Crippen LogP contribution is -2.36. The van der Waals surface area contributed by atoms with Gasteiger partial charge in [0, 0.05) is 26.5 Å². The van der Waals surface area contributed by atoms with E-state index in [2.05, 4.69) is 4.72 Å². The summed E-state index contributed by atoms with van der Waals surface area (Å²) in [7, 11) is -0.555.